The van der Waals surface area contributed by atoms with Gasteiger partial charge in [0.25, 0.3) is 5.91 Å². The van der Waals surface area contributed by atoms with E-state index in [0.29, 0.717) is 12.1 Å². The number of nitrogens with one attached hydrogen (secondary N) is 1. The van der Waals surface area contributed by atoms with Crippen molar-refractivity contribution in [3.8, 4) is 0 Å². The molecule has 19 heavy (non-hydrogen) atoms. The Bertz CT molecular complexity index is 546. The normalized spacial score (nSPS) is 10.2. The second-order valence-electron chi connectivity index (χ2n) is 4.50. The molecule has 98 valence electrons. The number of benzene rings is 2. The van der Waals surface area contributed by atoms with Gasteiger partial charge in [-0.1, -0.05) is 57.9 Å². The summed E-state index contributed by atoms with van der Waals surface area (Å²) in [5.74, 6) is -0.0401. The SMILES string of the molecule is Cc1ccc(CNC(=O)c2ccc(CBr)cc2)cc1. The molecule has 0 atom stereocenters. The van der Waals surface area contributed by atoms with E-state index >= 15 is 0 Å². The molecule has 0 aliphatic heterocycles. The van der Waals surface area contributed by atoms with Crippen molar-refractivity contribution in [1.29, 1.82) is 0 Å². The van der Waals surface area contributed by atoms with Crippen LogP contribution in [0.2, 0.25) is 0 Å². The predicted molar refractivity (Wildman–Crippen MR) is 81.4 cm³/mol. The van der Waals surface area contributed by atoms with Gasteiger partial charge in [0.15, 0.2) is 0 Å². The van der Waals surface area contributed by atoms with Crippen LogP contribution in [0.5, 0.6) is 0 Å². The Kier molecular flexibility index (Phi) is 4.74. The summed E-state index contributed by atoms with van der Waals surface area (Å²) >= 11 is 3.39. The lowest BCUT2D eigenvalue weighted by Crippen LogP contribution is -2.22. The third-order valence-electron chi connectivity index (χ3n) is 2.94. The zero-order chi connectivity index (χ0) is 13.7. The minimum Gasteiger partial charge on any atom is -0.348 e. The first kappa shape index (κ1) is 13.8. The quantitative estimate of drug-likeness (QED) is 0.853. The Hall–Kier alpha value is -1.61. The zero-order valence-electron chi connectivity index (χ0n) is 10.8. The van der Waals surface area contributed by atoms with Crippen molar-refractivity contribution in [1.82, 2.24) is 5.32 Å². The summed E-state index contributed by atoms with van der Waals surface area (Å²) in [5.41, 5.74) is 4.18. The second kappa shape index (κ2) is 6.53. The van der Waals surface area contributed by atoms with Crippen molar-refractivity contribution in [3.05, 3.63) is 70.8 Å². The molecule has 0 aliphatic carbocycles. The summed E-state index contributed by atoms with van der Waals surface area (Å²) in [6.07, 6.45) is 0. The molecule has 0 spiro atoms. The topological polar surface area (TPSA) is 29.1 Å². The fourth-order valence-corrected chi connectivity index (χ4v) is 2.11. The molecule has 0 saturated heterocycles. The number of alkyl halides is 1. The highest BCUT2D eigenvalue weighted by atomic mass is 79.9. The van der Waals surface area contributed by atoms with E-state index in [2.05, 4.69) is 21.2 Å². The number of carbonyl (C=O) groups is 1. The molecule has 0 aromatic heterocycles. The number of carbonyl (C=O) groups excluding carboxylic acids is 1. The van der Waals surface area contributed by atoms with E-state index in [1.807, 2.05) is 55.5 Å². The van der Waals surface area contributed by atoms with Crippen LogP contribution in [-0.2, 0) is 11.9 Å². The van der Waals surface area contributed by atoms with Crippen molar-refractivity contribution >= 4 is 21.8 Å². The van der Waals surface area contributed by atoms with Crippen LogP contribution in [0.1, 0.15) is 27.0 Å². The molecule has 1 amide bonds. The molecule has 1 N–H and O–H groups in total. The second-order valence-corrected chi connectivity index (χ2v) is 5.06. The summed E-state index contributed by atoms with van der Waals surface area (Å²) in [4.78, 5) is 12.0. The lowest BCUT2D eigenvalue weighted by molar-refractivity contribution is 0.0951. The van der Waals surface area contributed by atoms with Crippen LogP contribution >= 0.6 is 15.9 Å². The van der Waals surface area contributed by atoms with E-state index < -0.39 is 0 Å². The number of hydrogen-bond donors (Lipinski definition) is 1. The predicted octanol–water partition coefficient (Wildman–Crippen LogP) is 3.82. The maximum Gasteiger partial charge on any atom is 0.251 e. The molecule has 0 fully saturated rings. The number of hydrogen-bond acceptors (Lipinski definition) is 1. The van der Waals surface area contributed by atoms with E-state index in [0.717, 1.165) is 16.5 Å². The van der Waals surface area contributed by atoms with Crippen molar-refractivity contribution < 1.29 is 4.79 Å². The van der Waals surface area contributed by atoms with E-state index in [9.17, 15) is 4.79 Å². The Labute approximate surface area is 122 Å². The fourth-order valence-electron chi connectivity index (χ4n) is 1.74. The zero-order valence-corrected chi connectivity index (χ0v) is 12.4. The lowest BCUT2D eigenvalue weighted by atomic mass is 10.1. The molecule has 2 nitrogen and oxygen atoms in total. The summed E-state index contributed by atoms with van der Waals surface area (Å²) in [6.45, 7) is 2.60. The average Bonchev–Trinajstić information content (AvgIpc) is 2.46. The van der Waals surface area contributed by atoms with Crippen LogP contribution in [0.15, 0.2) is 48.5 Å². The van der Waals surface area contributed by atoms with Crippen molar-refractivity contribution in [3.63, 3.8) is 0 Å². The first-order valence-electron chi connectivity index (χ1n) is 6.17. The molecular formula is C16H16BrNO. The Morgan fingerprint density at radius 1 is 1.00 bits per heavy atom. The van der Waals surface area contributed by atoms with E-state index in [1.165, 1.54) is 5.56 Å². The first-order valence-corrected chi connectivity index (χ1v) is 7.30. The van der Waals surface area contributed by atoms with Crippen LogP contribution in [-0.4, -0.2) is 5.91 Å². The van der Waals surface area contributed by atoms with Crippen molar-refractivity contribution in [2.45, 2.75) is 18.8 Å². The van der Waals surface area contributed by atoms with Gasteiger partial charge in [-0.25, -0.2) is 0 Å². The van der Waals surface area contributed by atoms with Crippen molar-refractivity contribution in [2.24, 2.45) is 0 Å². The van der Waals surface area contributed by atoms with Gasteiger partial charge in [0.05, 0.1) is 0 Å². The summed E-state index contributed by atoms with van der Waals surface area (Å²) in [5, 5.41) is 3.73. The van der Waals surface area contributed by atoms with Gasteiger partial charge in [0, 0.05) is 17.4 Å². The van der Waals surface area contributed by atoms with E-state index in [4.69, 9.17) is 0 Å². The number of aryl methyl sites for hydroxylation is 1. The smallest absolute Gasteiger partial charge is 0.251 e. The number of amides is 1. The van der Waals surface area contributed by atoms with Gasteiger partial charge in [0.1, 0.15) is 0 Å². The Morgan fingerprint density at radius 2 is 1.58 bits per heavy atom. The summed E-state index contributed by atoms with van der Waals surface area (Å²) < 4.78 is 0. The third-order valence-corrected chi connectivity index (χ3v) is 3.59. The maximum absolute atomic E-state index is 12.0. The highest BCUT2D eigenvalue weighted by Crippen LogP contribution is 2.08. The molecule has 2 aromatic rings. The van der Waals surface area contributed by atoms with Crippen LogP contribution in [0.4, 0.5) is 0 Å². The molecule has 0 radical (unpaired) electrons. The molecule has 0 heterocycles. The Balaban J connectivity index is 1.95. The van der Waals surface area contributed by atoms with Crippen molar-refractivity contribution in [2.75, 3.05) is 0 Å². The lowest BCUT2D eigenvalue weighted by Gasteiger charge is -2.06. The van der Waals surface area contributed by atoms with Gasteiger partial charge in [-0.15, -0.1) is 0 Å². The molecule has 3 heteroatoms. The van der Waals surface area contributed by atoms with Gasteiger partial charge < -0.3 is 5.32 Å². The van der Waals surface area contributed by atoms with Crippen LogP contribution in [0.25, 0.3) is 0 Å². The molecule has 0 bridgehead atoms. The monoisotopic (exact) mass is 317 g/mol. The fraction of sp³-hybridized carbons (Fsp3) is 0.188. The molecule has 2 aromatic carbocycles. The summed E-state index contributed by atoms with van der Waals surface area (Å²) in [6, 6.07) is 15.8. The first-order chi connectivity index (χ1) is 9.19. The number of rotatable bonds is 4. The highest BCUT2D eigenvalue weighted by molar-refractivity contribution is 9.08. The third kappa shape index (κ3) is 3.93. The van der Waals surface area contributed by atoms with Gasteiger partial charge in [-0.3, -0.25) is 4.79 Å². The molecule has 0 aliphatic rings. The van der Waals surface area contributed by atoms with E-state index in [-0.39, 0.29) is 5.91 Å². The van der Waals surface area contributed by atoms with Gasteiger partial charge >= 0.3 is 0 Å². The largest absolute Gasteiger partial charge is 0.348 e. The minimum atomic E-state index is -0.0401. The van der Waals surface area contributed by atoms with Gasteiger partial charge in [0.2, 0.25) is 0 Å². The molecule has 0 unspecified atom stereocenters. The van der Waals surface area contributed by atoms with Crippen LogP contribution < -0.4 is 5.32 Å². The standard InChI is InChI=1S/C16H16BrNO/c1-12-2-4-14(5-3-12)11-18-16(19)15-8-6-13(10-17)7-9-15/h2-9H,10-11H2,1H3,(H,18,19). The summed E-state index contributed by atoms with van der Waals surface area (Å²) in [7, 11) is 0. The van der Waals surface area contributed by atoms with Crippen LogP contribution in [0, 0.1) is 6.92 Å². The molecular weight excluding hydrogens is 302 g/mol. The Morgan fingerprint density at radius 3 is 2.16 bits per heavy atom. The van der Waals surface area contributed by atoms with Gasteiger partial charge in [-0.05, 0) is 30.2 Å². The average molecular weight is 318 g/mol. The highest BCUT2D eigenvalue weighted by Gasteiger charge is 2.04. The number of halogens is 1. The van der Waals surface area contributed by atoms with Crippen LogP contribution in [0.3, 0.4) is 0 Å². The molecule has 0 saturated carbocycles. The maximum atomic E-state index is 12.0. The minimum absolute atomic E-state index is 0.0401. The van der Waals surface area contributed by atoms with Gasteiger partial charge in [-0.2, -0.15) is 0 Å². The molecule has 2 rings (SSSR count). The van der Waals surface area contributed by atoms with E-state index in [1.54, 1.807) is 0 Å².